The Labute approximate surface area is 270 Å². The summed E-state index contributed by atoms with van der Waals surface area (Å²) >= 11 is 0. The zero-order valence-corrected chi connectivity index (χ0v) is 25.3. The number of hydrogen-bond acceptors (Lipinski definition) is 2. The van der Waals surface area contributed by atoms with Crippen LogP contribution in [0.2, 0.25) is 0 Å². The Bertz CT molecular complexity index is 2890. The molecule has 0 saturated heterocycles. The van der Waals surface area contributed by atoms with Crippen molar-refractivity contribution in [2.45, 2.75) is 0 Å². The summed E-state index contributed by atoms with van der Waals surface area (Å²) in [5, 5.41) is 21.9. The average molecular weight is 596 g/mol. The monoisotopic (exact) mass is 595 g/mol. The first-order valence-corrected chi connectivity index (χ1v) is 15.9. The minimum Gasteiger partial charge on any atom is -0.309 e. The van der Waals surface area contributed by atoms with Crippen LogP contribution >= 0.6 is 0 Å². The molecule has 0 aliphatic carbocycles. The Balaban J connectivity index is 1.35. The van der Waals surface area contributed by atoms with Crippen molar-refractivity contribution in [1.82, 2.24) is 9.55 Å². The molecule has 47 heavy (non-hydrogen) atoms. The van der Waals surface area contributed by atoms with Gasteiger partial charge >= 0.3 is 0 Å². The second-order valence-electron chi connectivity index (χ2n) is 12.2. The van der Waals surface area contributed by atoms with E-state index in [-0.39, 0.29) is 0 Å². The van der Waals surface area contributed by atoms with Crippen molar-refractivity contribution < 1.29 is 0 Å². The molecule has 2 aromatic heterocycles. The number of para-hydroxylation sites is 1. The summed E-state index contributed by atoms with van der Waals surface area (Å²) < 4.78 is 2.33. The van der Waals surface area contributed by atoms with E-state index in [1.54, 1.807) is 0 Å². The molecule has 0 aliphatic rings. The lowest BCUT2D eigenvalue weighted by atomic mass is 9.86. The van der Waals surface area contributed by atoms with Crippen molar-refractivity contribution in [1.29, 1.82) is 5.26 Å². The number of fused-ring (bicyclic) bond motifs is 5. The predicted molar refractivity (Wildman–Crippen MR) is 195 cm³/mol. The summed E-state index contributed by atoms with van der Waals surface area (Å²) in [6.45, 7) is 0. The molecule has 2 heterocycles. The van der Waals surface area contributed by atoms with E-state index in [4.69, 9.17) is 0 Å². The molecule has 8 aromatic carbocycles. The van der Waals surface area contributed by atoms with Gasteiger partial charge in [0.2, 0.25) is 0 Å². The summed E-state index contributed by atoms with van der Waals surface area (Å²) in [5.41, 5.74) is 8.75. The van der Waals surface area contributed by atoms with Gasteiger partial charge in [-0.2, -0.15) is 5.26 Å². The van der Waals surface area contributed by atoms with Crippen LogP contribution < -0.4 is 0 Å². The third kappa shape index (κ3) is 3.58. The van der Waals surface area contributed by atoms with E-state index in [1.807, 2.05) is 30.6 Å². The van der Waals surface area contributed by atoms with E-state index >= 15 is 0 Å². The predicted octanol–water partition coefficient (Wildman–Crippen LogP) is 11.4. The van der Waals surface area contributed by atoms with Gasteiger partial charge in [0.25, 0.3) is 0 Å². The first-order chi connectivity index (χ1) is 23.3. The molecule has 0 N–H and O–H groups in total. The minimum atomic E-state index is 0.698. The maximum atomic E-state index is 10.1. The first-order valence-electron chi connectivity index (χ1n) is 15.9. The lowest BCUT2D eigenvalue weighted by Gasteiger charge is -2.17. The number of benzene rings is 8. The minimum absolute atomic E-state index is 0.698. The Morgan fingerprint density at radius 1 is 0.468 bits per heavy atom. The number of rotatable bonds is 3. The molecule has 0 fully saturated rings. The number of pyridine rings is 1. The Morgan fingerprint density at radius 2 is 1.09 bits per heavy atom. The summed E-state index contributed by atoms with van der Waals surface area (Å²) in [5.74, 6) is 0. The van der Waals surface area contributed by atoms with E-state index in [1.165, 1.54) is 59.8 Å². The highest BCUT2D eigenvalue weighted by molar-refractivity contribution is 6.30. The third-order valence-electron chi connectivity index (χ3n) is 9.88. The third-order valence-corrected chi connectivity index (χ3v) is 9.88. The molecule has 0 bridgehead atoms. The van der Waals surface area contributed by atoms with Gasteiger partial charge in [-0.25, -0.2) is 0 Å². The van der Waals surface area contributed by atoms with Gasteiger partial charge in [0.15, 0.2) is 0 Å². The standard InChI is InChI=1S/C44H25N3/c45-25-27-16-20-41-43-30(27)17-18-36-35(19-21-42(44(36)43)47(41)29-10-2-1-3-11-29)38-24-40-32-13-5-4-12-31(32)37(28-9-8-22-46-26-28)23-39(40)34-15-7-6-14-33(34)38/h1-24,26H. The number of aromatic nitrogens is 2. The molecule has 0 aliphatic heterocycles. The first kappa shape index (κ1) is 25.8. The van der Waals surface area contributed by atoms with E-state index in [0.717, 1.165) is 33.1 Å². The lowest BCUT2D eigenvalue weighted by Crippen LogP contribution is -1.93. The van der Waals surface area contributed by atoms with Crippen LogP contribution in [0, 0.1) is 11.3 Å². The number of nitrogens with zero attached hydrogens (tertiary/aromatic N) is 3. The SMILES string of the molecule is N#Cc1ccc2c3c1ccc1c(-c4cc5c6ccccc6c(-c6cccnc6)cc5c5ccccc45)ccc(c13)n2-c1ccccc1. The number of hydrogen-bond donors (Lipinski definition) is 0. The van der Waals surface area contributed by atoms with Crippen LogP contribution in [-0.4, -0.2) is 9.55 Å². The summed E-state index contributed by atoms with van der Waals surface area (Å²) in [7, 11) is 0. The molecule has 0 radical (unpaired) electrons. The molecular formula is C44H25N3. The van der Waals surface area contributed by atoms with Crippen molar-refractivity contribution in [3.63, 3.8) is 0 Å². The van der Waals surface area contributed by atoms with Gasteiger partial charge in [-0.3, -0.25) is 4.98 Å². The highest BCUT2D eigenvalue weighted by atomic mass is 15.0. The molecule has 3 heteroatoms. The van der Waals surface area contributed by atoms with Crippen LogP contribution in [0.3, 0.4) is 0 Å². The molecule has 10 aromatic rings. The van der Waals surface area contributed by atoms with Crippen LogP contribution in [0.15, 0.2) is 152 Å². The number of nitriles is 1. The van der Waals surface area contributed by atoms with Crippen molar-refractivity contribution in [3.8, 4) is 34.0 Å². The molecule has 216 valence electrons. The normalized spacial score (nSPS) is 11.8. The van der Waals surface area contributed by atoms with Gasteiger partial charge in [-0.15, -0.1) is 0 Å². The fourth-order valence-corrected chi connectivity index (χ4v) is 7.88. The van der Waals surface area contributed by atoms with Crippen molar-refractivity contribution in [2.24, 2.45) is 0 Å². The molecule has 0 unspecified atom stereocenters. The summed E-state index contributed by atoms with van der Waals surface area (Å²) in [6, 6.07) is 52.3. The van der Waals surface area contributed by atoms with Crippen LogP contribution in [0.5, 0.6) is 0 Å². The van der Waals surface area contributed by atoms with E-state index < -0.39 is 0 Å². The van der Waals surface area contributed by atoms with Gasteiger partial charge in [0, 0.05) is 39.8 Å². The Hall–Kier alpha value is -6.50. The topological polar surface area (TPSA) is 41.6 Å². The van der Waals surface area contributed by atoms with Gasteiger partial charge in [0.05, 0.1) is 22.7 Å². The smallest absolute Gasteiger partial charge is 0.0998 e. The largest absolute Gasteiger partial charge is 0.309 e. The van der Waals surface area contributed by atoms with E-state index in [2.05, 4.69) is 137 Å². The maximum Gasteiger partial charge on any atom is 0.0998 e. The van der Waals surface area contributed by atoms with Crippen LogP contribution in [0.1, 0.15) is 5.56 Å². The van der Waals surface area contributed by atoms with Gasteiger partial charge in [-0.1, -0.05) is 91.0 Å². The van der Waals surface area contributed by atoms with Gasteiger partial charge in [-0.05, 0) is 103 Å². The van der Waals surface area contributed by atoms with Crippen molar-refractivity contribution in [2.75, 3.05) is 0 Å². The fraction of sp³-hybridized carbons (Fsp3) is 0. The molecular weight excluding hydrogens is 571 g/mol. The molecule has 0 atom stereocenters. The Kier molecular flexibility index (Phi) is 5.35. The van der Waals surface area contributed by atoms with Crippen molar-refractivity contribution >= 4 is 64.9 Å². The molecule has 0 amide bonds. The highest BCUT2D eigenvalue weighted by Crippen LogP contribution is 2.46. The van der Waals surface area contributed by atoms with Crippen LogP contribution in [0.4, 0.5) is 0 Å². The second kappa shape index (κ2) is 9.75. The molecule has 0 saturated carbocycles. The van der Waals surface area contributed by atoms with E-state index in [9.17, 15) is 5.26 Å². The summed E-state index contributed by atoms with van der Waals surface area (Å²) in [4.78, 5) is 4.44. The van der Waals surface area contributed by atoms with Gasteiger partial charge < -0.3 is 4.57 Å². The lowest BCUT2D eigenvalue weighted by molar-refractivity contribution is 1.18. The van der Waals surface area contributed by atoms with E-state index in [0.29, 0.717) is 5.56 Å². The van der Waals surface area contributed by atoms with Crippen LogP contribution in [-0.2, 0) is 0 Å². The second-order valence-corrected chi connectivity index (χ2v) is 12.2. The highest BCUT2D eigenvalue weighted by Gasteiger charge is 2.22. The summed E-state index contributed by atoms with van der Waals surface area (Å²) in [6.07, 6.45) is 3.78. The molecule has 10 rings (SSSR count). The zero-order valence-electron chi connectivity index (χ0n) is 25.3. The molecule has 3 nitrogen and oxygen atoms in total. The van der Waals surface area contributed by atoms with Crippen LogP contribution in [0.25, 0.3) is 92.8 Å². The molecule has 0 spiro atoms. The quantitative estimate of drug-likeness (QED) is 0.191. The zero-order chi connectivity index (χ0) is 31.1. The maximum absolute atomic E-state index is 10.1. The Morgan fingerprint density at radius 3 is 1.79 bits per heavy atom. The fourth-order valence-electron chi connectivity index (χ4n) is 7.88. The average Bonchev–Trinajstić information content (AvgIpc) is 3.49. The van der Waals surface area contributed by atoms with Gasteiger partial charge in [0.1, 0.15) is 0 Å². The van der Waals surface area contributed by atoms with Crippen molar-refractivity contribution in [3.05, 3.63) is 157 Å².